The third kappa shape index (κ3) is 7.70. The third-order valence-corrected chi connectivity index (χ3v) is 11.5. The average Bonchev–Trinajstić information content (AvgIpc) is 2.96. The molecular formula is C47H62O3P+. The summed E-state index contributed by atoms with van der Waals surface area (Å²) in [6.45, 7) is 35.4. The molecule has 51 heavy (non-hydrogen) atoms. The van der Waals surface area contributed by atoms with Gasteiger partial charge in [-0.2, -0.15) is 14.7 Å². The number of hydrogen-bond acceptors (Lipinski definition) is 3. The molecule has 0 aliphatic carbocycles. The first-order valence-corrected chi connectivity index (χ1v) is 20.1. The van der Waals surface area contributed by atoms with Gasteiger partial charge in [-0.05, 0) is 136 Å². The van der Waals surface area contributed by atoms with Crippen molar-refractivity contribution in [2.45, 2.75) is 138 Å². The Hall–Kier alpha value is -3.07. The van der Waals surface area contributed by atoms with Gasteiger partial charge in [-0.1, -0.05) is 140 Å². The van der Waals surface area contributed by atoms with E-state index in [9.17, 15) is 14.7 Å². The fourth-order valence-electron chi connectivity index (χ4n) is 7.58. The fraction of sp³-hybridized carbons (Fsp3) is 0.447. The first-order valence-electron chi connectivity index (χ1n) is 18.4. The maximum absolute atomic E-state index is 11.3. The number of benzene rings is 5. The molecule has 272 valence electrons. The summed E-state index contributed by atoms with van der Waals surface area (Å²) >= 11 is 0. The van der Waals surface area contributed by atoms with Gasteiger partial charge in [0.1, 0.15) is 0 Å². The van der Waals surface area contributed by atoms with Crippen LogP contribution in [-0.2, 0) is 27.1 Å². The van der Waals surface area contributed by atoms with E-state index in [2.05, 4.69) is 171 Å². The van der Waals surface area contributed by atoms with Gasteiger partial charge in [-0.25, -0.2) is 0 Å². The number of fused-ring (bicyclic) bond motifs is 2. The minimum atomic E-state index is -4.47. The Morgan fingerprint density at radius 2 is 0.824 bits per heavy atom. The normalized spacial score (nSPS) is 13.8. The standard InChI is InChI=1S/C47H62O3P/c1-28-35(36-23-29-17-19-33(43(2,3)4)21-31(29)25-38(36)45(8,9)10)27-40(51(48,49)50)42(47(14,15)16)41(28)37-24-30-18-20-34(44(5,6)7)22-32(30)26-39(37)46(11,12)13/h17-27,48-50H,1-16H3/q+1. The SMILES string of the molecule is Cc1c(-c2cc3ccc(C(C)(C)C)cc3cc2C(C)(C)C)cc([P+](O)(O)O)c(C(C)(C)C)c1-c1cc2ccc(C(C)(C)C)cc2cc1C(C)(C)C. The highest BCUT2D eigenvalue weighted by molar-refractivity contribution is 7.66. The molecule has 0 bridgehead atoms. The zero-order chi connectivity index (χ0) is 38.4. The van der Waals surface area contributed by atoms with Gasteiger partial charge in [0.2, 0.25) is 0 Å². The van der Waals surface area contributed by atoms with Crippen LogP contribution in [0.4, 0.5) is 0 Å². The molecule has 0 aliphatic rings. The van der Waals surface area contributed by atoms with Gasteiger partial charge >= 0.3 is 7.94 Å². The molecule has 0 saturated carbocycles. The van der Waals surface area contributed by atoms with Gasteiger partial charge in [-0.3, -0.25) is 0 Å². The fourth-order valence-corrected chi connectivity index (χ4v) is 8.63. The van der Waals surface area contributed by atoms with Crippen LogP contribution in [0.5, 0.6) is 0 Å². The van der Waals surface area contributed by atoms with Crippen molar-refractivity contribution in [3.8, 4) is 22.3 Å². The second-order valence-electron chi connectivity index (χ2n) is 20.1. The maximum Gasteiger partial charge on any atom is 0.441 e. The quantitative estimate of drug-likeness (QED) is 0.164. The zero-order valence-electron chi connectivity index (χ0n) is 34.1. The van der Waals surface area contributed by atoms with Crippen molar-refractivity contribution in [2.75, 3.05) is 0 Å². The van der Waals surface area contributed by atoms with Crippen molar-refractivity contribution in [1.82, 2.24) is 0 Å². The van der Waals surface area contributed by atoms with Crippen molar-refractivity contribution in [1.29, 1.82) is 0 Å². The molecule has 5 rings (SSSR count). The molecule has 5 aromatic rings. The van der Waals surface area contributed by atoms with E-state index in [4.69, 9.17) is 0 Å². The summed E-state index contributed by atoms with van der Waals surface area (Å²) in [7, 11) is -4.47. The molecule has 3 nitrogen and oxygen atoms in total. The topological polar surface area (TPSA) is 60.7 Å². The summed E-state index contributed by atoms with van der Waals surface area (Å²) < 4.78 is 0. The van der Waals surface area contributed by atoms with Crippen molar-refractivity contribution < 1.29 is 14.7 Å². The van der Waals surface area contributed by atoms with Crippen molar-refractivity contribution in [3.63, 3.8) is 0 Å². The first kappa shape index (κ1) is 39.1. The molecule has 0 saturated heterocycles. The summed E-state index contributed by atoms with van der Waals surface area (Å²) in [5.41, 5.74) is 9.80. The van der Waals surface area contributed by atoms with E-state index in [0.717, 1.165) is 44.2 Å². The highest BCUT2D eigenvalue weighted by atomic mass is 31.2. The molecule has 0 heterocycles. The van der Waals surface area contributed by atoms with E-state index < -0.39 is 13.4 Å². The molecule has 0 aromatic heterocycles. The van der Waals surface area contributed by atoms with Crippen LogP contribution in [-0.4, -0.2) is 14.7 Å². The van der Waals surface area contributed by atoms with Gasteiger partial charge in [0.25, 0.3) is 0 Å². The maximum atomic E-state index is 11.3. The minimum Gasteiger partial charge on any atom is -0.189 e. The van der Waals surface area contributed by atoms with Crippen molar-refractivity contribution >= 4 is 34.8 Å². The Kier molecular flexibility index (Phi) is 9.61. The average molecular weight is 706 g/mol. The second kappa shape index (κ2) is 12.5. The molecule has 0 spiro atoms. The largest absolute Gasteiger partial charge is 0.441 e. The van der Waals surface area contributed by atoms with Gasteiger partial charge in [0, 0.05) is 5.56 Å². The van der Waals surface area contributed by atoms with E-state index in [-0.39, 0.29) is 27.0 Å². The van der Waals surface area contributed by atoms with E-state index in [1.807, 2.05) is 6.07 Å². The van der Waals surface area contributed by atoms with Crippen LogP contribution in [0.25, 0.3) is 43.8 Å². The molecule has 0 fully saturated rings. The summed E-state index contributed by atoms with van der Waals surface area (Å²) in [5, 5.41) is 4.85. The van der Waals surface area contributed by atoms with E-state index in [0.29, 0.717) is 0 Å². The summed E-state index contributed by atoms with van der Waals surface area (Å²) in [4.78, 5) is 33.9. The lowest BCUT2D eigenvalue weighted by atomic mass is 9.72. The predicted octanol–water partition coefficient (Wildman–Crippen LogP) is 12.5. The van der Waals surface area contributed by atoms with E-state index in [1.165, 1.54) is 33.0 Å². The van der Waals surface area contributed by atoms with Crippen LogP contribution >= 0.6 is 7.94 Å². The Morgan fingerprint density at radius 3 is 1.20 bits per heavy atom. The minimum absolute atomic E-state index is 0.0172. The molecule has 0 aliphatic heterocycles. The van der Waals surface area contributed by atoms with Gasteiger partial charge in [0.05, 0.1) is 0 Å². The van der Waals surface area contributed by atoms with Crippen molar-refractivity contribution in [3.05, 3.63) is 100 Å². The third-order valence-electron chi connectivity index (χ3n) is 10.5. The number of hydrogen-bond donors (Lipinski definition) is 3. The Morgan fingerprint density at radius 1 is 0.412 bits per heavy atom. The van der Waals surface area contributed by atoms with Crippen molar-refractivity contribution in [2.24, 2.45) is 0 Å². The number of rotatable bonds is 3. The molecule has 0 amide bonds. The summed E-state index contributed by atoms with van der Waals surface area (Å²) in [5.74, 6) is 0. The molecule has 0 atom stereocenters. The lowest BCUT2D eigenvalue weighted by Crippen LogP contribution is -2.28. The highest BCUT2D eigenvalue weighted by Crippen LogP contribution is 2.53. The van der Waals surface area contributed by atoms with Crippen LogP contribution < -0.4 is 5.30 Å². The second-order valence-corrected chi connectivity index (χ2v) is 21.7. The van der Waals surface area contributed by atoms with Crippen LogP contribution in [0.1, 0.15) is 137 Å². The lowest BCUT2D eigenvalue weighted by Gasteiger charge is -2.33. The summed E-state index contributed by atoms with van der Waals surface area (Å²) in [6.07, 6.45) is 0. The molecular weight excluding hydrogens is 643 g/mol. The smallest absolute Gasteiger partial charge is 0.189 e. The van der Waals surface area contributed by atoms with Crippen LogP contribution in [0.3, 0.4) is 0 Å². The van der Waals surface area contributed by atoms with Gasteiger partial charge in [0.15, 0.2) is 5.30 Å². The highest BCUT2D eigenvalue weighted by Gasteiger charge is 2.44. The zero-order valence-corrected chi connectivity index (χ0v) is 35.0. The Bertz CT molecular complexity index is 2150. The molecule has 0 radical (unpaired) electrons. The van der Waals surface area contributed by atoms with Gasteiger partial charge in [-0.15, -0.1) is 0 Å². The van der Waals surface area contributed by atoms with Crippen LogP contribution in [0.15, 0.2) is 66.7 Å². The molecule has 3 N–H and O–H groups in total. The van der Waals surface area contributed by atoms with Crippen LogP contribution in [0.2, 0.25) is 0 Å². The molecule has 4 heteroatoms. The predicted molar refractivity (Wildman–Crippen MR) is 224 cm³/mol. The van der Waals surface area contributed by atoms with E-state index >= 15 is 0 Å². The molecule has 5 aromatic carbocycles. The van der Waals surface area contributed by atoms with Crippen LogP contribution in [0, 0.1) is 6.92 Å². The van der Waals surface area contributed by atoms with E-state index in [1.54, 1.807) is 0 Å². The summed E-state index contributed by atoms with van der Waals surface area (Å²) in [6, 6.07) is 24.6. The Labute approximate surface area is 308 Å². The monoisotopic (exact) mass is 705 g/mol. The Balaban J connectivity index is 2.00. The lowest BCUT2D eigenvalue weighted by molar-refractivity contribution is 0.346. The first-order chi connectivity index (χ1) is 23.0. The van der Waals surface area contributed by atoms with Gasteiger partial charge < -0.3 is 0 Å². The molecule has 0 unspecified atom stereocenters.